The molecule has 0 radical (unpaired) electrons. The van der Waals surface area contributed by atoms with Crippen LogP contribution in [0.25, 0.3) is 0 Å². The van der Waals surface area contributed by atoms with Crippen molar-refractivity contribution in [3.05, 3.63) is 71.3 Å². The molecular formula is C19H20N2O. The van der Waals surface area contributed by atoms with E-state index >= 15 is 0 Å². The Labute approximate surface area is 131 Å². The lowest BCUT2D eigenvalue weighted by Crippen LogP contribution is -2.29. The first-order valence-electron chi connectivity index (χ1n) is 7.94. The summed E-state index contributed by atoms with van der Waals surface area (Å²) in [7, 11) is 0. The molecule has 22 heavy (non-hydrogen) atoms. The van der Waals surface area contributed by atoms with Crippen LogP contribution >= 0.6 is 0 Å². The van der Waals surface area contributed by atoms with Crippen LogP contribution in [-0.2, 0) is 6.54 Å². The van der Waals surface area contributed by atoms with Crippen LogP contribution in [-0.4, -0.2) is 30.4 Å². The lowest BCUT2D eigenvalue weighted by Gasteiger charge is -2.17. The van der Waals surface area contributed by atoms with Crippen LogP contribution in [0.15, 0.2) is 54.6 Å². The minimum Gasteiger partial charge on any atom is -0.352 e. The summed E-state index contributed by atoms with van der Waals surface area (Å²) in [6.45, 7) is 3.85. The SMILES string of the molecule is O=C1NC[C@H]2CN(Cc3ccccc3)C[C@@H]2c2ccccc21. The highest BCUT2D eigenvalue weighted by molar-refractivity contribution is 5.96. The monoisotopic (exact) mass is 292 g/mol. The molecular weight excluding hydrogens is 272 g/mol. The van der Waals surface area contributed by atoms with Crippen molar-refractivity contribution in [2.45, 2.75) is 12.5 Å². The van der Waals surface area contributed by atoms with Crippen molar-refractivity contribution in [1.82, 2.24) is 10.2 Å². The number of carbonyl (C=O) groups excluding carboxylic acids is 1. The summed E-state index contributed by atoms with van der Waals surface area (Å²) >= 11 is 0. The van der Waals surface area contributed by atoms with Crippen molar-refractivity contribution in [1.29, 1.82) is 0 Å². The second kappa shape index (κ2) is 5.58. The first-order valence-corrected chi connectivity index (χ1v) is 7.94. The number of rotatable bonds is 2. The molecule has 2 aromatic carbocycles. The molecule has 3 heteroatoms. The van der Waals surface area contributed by atoms with E-state index < -0.39 is 0 Å². The summed E-state index contributed by atoms with van der Waals surface area (Å²) in [6, 6.07) is 18.7. The number of hydrogen-bond acceptors (Lipinski definition) is 2. The zero-order chi connectivity index (χ0) is 14.9. The van der Waals surface area contributed by atoms with Gasteiger partial charge >= 0.3 is 0 Å². The van der Waals surface area contributed by atoms with Gasteiger partial charge in [-0.15, -0.1) is 0 Å². The Morgan fingerprint density at radius 3 is 2.64 bits per heavy atom. The topological polar surface area (TPSA) is 32.3 Å². The lowest BCUT2D eigenvalue weighted by atomic mass is 9.87. The molecule has 2 atom stereocenters. The predicted molar refractivity (Wildman–Crippen MR) is 86.7 cm³/mol. The maximum atomic E-state index is 12.2. The van der Waals surface area contributed by atoms with Crippen LogP contribution in [0.2, 0.25) is 0 Å². The number of hydrogen-bond donors (Lipinski definition) is 1. The van der Waals surface area contributed by atoms with Crippen LogP contribution in [0.5, 0.6) is 0 Å². The summed E-state index contributed by atoms with van der Waals surface area (Å²) < 4.78 is 0. The van der Waals surface area contributed by atoms with Crippen molar-refractivity contribution in [2.24, 2.45) is 5.92 Å². The quantitative estimate of drug-likeness (QED) is 0.923. The van der Waals surface area contributed by atoms with Crippen LogP contribution < -0.4 is 5.32 Å². The molecule has 112 valence electrons. The third-order valence-electron chi connectivity index (χ3n) is 4.90. The van der Waals surface area contributed by atoms with Gasteiger partial charge in [0.1, 0.15) is 0 Å². The average Bonchev–Trinajstić information content (AvgIpc) is 2.91. The maximum absolute atomic E-state index is 12.2. The molecule has 1 N–H and O–H groups in total. The first kappa shape index (κ1) is 13.5. The predicted octanol–water partition coefficient (Wildman–Crippen LogP) is 2.65. The minimum atomic E-state index is 0.0830. The van der Waals surface area contributed by atoms with E-state index in [2.05, 4.69) is 46.6 Å². The van der Waals surface area contributed by atoms with E-state index in [4.69, 9.17) is 0 Å². The molecule has 0 aromatic heterocycles. The zero-order valence-electron chi connectivity index (χ0n) is 12.5. The van der Waals surface area contributed by atoms with Gasteiger partial charge in [-0.3, -0.25) is 9.69 Å². The first-order chi connectivity index (χ1) is 10.8. The van der Waals surface area contributed by atoms with E-state index in [9.17, 15) is 4.79 Å². The Kier molecular flexibility index (Phi) is 3.43. The molecule has 2 heterocycles. The van der Waals surface area contributed by atoms with Gasteiger partial charge in [0.2, 0.25) is 0 Å². The molecule has 1 saturated heterocycles. The molecule has 3 nitrogen and oxygen atoms in total. The highest BCUT2D eigenvalue weighted by Crippen LogP contribution is 2.36. The molecule has 1 fully saturated rings. The largest absolute Gasteiger partial charge is 0.352 e. The summed E-state index contributed by atoms with van der Waals surface area (Å²) in [5, 5.41) is 3.09. The molecule has 2 aliphatic heterocycles. The highest BCUT2D eigenvalue weighted by Gasteiger charge is 2.37. The Balaban J connectivity index is 1.58. The molecule has 1 amide bonds. The molecule has 4 rings (SSSR count). The fourth-order valence-electron chi connectivity index (χ4n) is 3.84. The number of fused-ring (bicyclic) bond motifs is 3. The summed E-state index contributed by atoms with van der Waals surface area (Å²) in [4.78, 5) is 14.7. The highest BCUT2D eigenvalue weighted by atomic mass is 16.1. The third-order valence-corrected chi connectivity index (χ3v) is 4.90. The Bertz CT molecular complexity index is 683. The van der Waals surface area contributed by atoms with Crippen molar-refractivity contribution in [2.75, 3.05) is 19.6 Å². The van der Waals surface area contributed by atoms with Crippen molar-refractivity contribution in [3.63, 3.8) is 0 Å². The van der Waals surface area contributed by atoms with Gasteiger partial charge in [-0.05, 0) is 23.1 Å². The standard InChI is InChI=1S/C19H20N2O/c22-19-17-9-5-4-8-16(17)18-13-21(12-15(18)10-20-19)11-14-6-2-1-3-7-14/h1-9,15,18H,10-13H2,(H,20,22)/t15-,18-/m0/s1. The fourth-order valence-corrected chi connectivity index (χ4v) is 3.84. The Morgan fingerprint density at radius 1 is 1.00 bits per heavy atom. The molecule has 2 aromatic rings. The van der Waals surface area contributed by atoms with Crippen molar-refractivity contribution >= 4 is 5.91 Å². The second-order valence-electron chi connectivity index (χ2n) is 6.34. The van der Waals surface area contributed by atoms with Gasteiger partial charge in [-0.1, -0.05) is 48.5 Å². The number of nitrogens with one attached hydrogen (secondary N) is 1. The van der Waals surface area contributed by atoms with Crippen molar-refractivity contribution in [3.8, 4) is 0 Å². The van der Waals surface area contributed by atoms with Gasteiger partial charge in [0.05, 0.1) is 0 Å². The third kappa shape index (κ3) is 2.42. The lowest BCUT2D eigenvalue weighted by molar-refractivity contribution is 0.0951. The normalized spacial score (nSPS) is 24.3. The van der Waals surface area contributed by atoms with Gasteiger partial charge in [-0.25, -0.2) is 0 Å². The maximum Gasteiger partial charge on any atom is 0.251 e. The molecule has 0 saturated carbocycles. The van der Waals surface area contributed by atoms with Crippen LogP contribution in [0.1, 0.15) is 27.4 Å². The van der Waals surface area contributed by atoms with Gasteiger partial charge in [0, 0.05) is 37.7 Å². The van der Waals surface area contributed by atoms with Gasteiger partial charge in [0.25, 0.3) is 5.91 Å². The van der Waals surface area contributed by atoms with E-state index in [1.807, 2.05) is 18.2 Å². The molecule has 0 bridgehead atoms. The number of nitrogens with zero attached hydrogens (tertiary/aromatic N) is 1. The number of carbonyl (C=O) groups is 1. The van der Waals surface area contributed by atoms with Gasteiger partial charge in [0.15, 0.2) is 0 Å². The number of amides is 1. The van der Waals surface area contributed by atoms with Crippen molar-refractivity contribution < 1.29 is 4.79 Å². The van der Waals surface area contributed by atoms with Crippen LogP contribution in [0.3, 0.4) is 0 Å². The fraction of sp³-hybridized carbons (Fsp3) is 0.316. The molecule has 0 spiro atoms. The van der Waals surface area contributed by atoms with E-state index in [0.717, 1.165) is 31.7 Å². The van der Waals surface area contributed by atoms with E-state index in [-0.39, 0.29) is 5.91 Å². The smallest absolute Gasteiger partial charge is 0.251 e. The molecule has 0 unspecified atom stereocenters. The summed E-state index contributed by atoms with van der Waals surface area (Å²) in [5.74, 6) is 1.05. The van der Waals surface area contributed by atoms with Gasteiger partial charge in [-0.2, -0.15) is 0 Å². The molecule has 2 aliphatic rings. The van der Waals surface area contributed by atoms with Crippen LogP contribution in [0.4, 0.5) is 0 Å². The molecule has 0 aliphatic carbocycles. The second-order valence-corrected chi connectivity index (χ2v) is 6.34. The van der Waals surface area contributed by atoms with Crippen LogP contribution in [0, 0.1) is 5.92 Å². The number of benzene rings is 2. The zero-order valence-corrected chi connectivity index (χ0v) is 12.5. The summed E-state index contributed by atoms with van der Waals surface area (Å²) in [5.41, 5.74) is 3.44. The van der Waals surface area contributed by atoms with Gasteiger partial charge < -0.3 is 5.32 Å². The summed E-state index contributed by atoms with van der Waals surface area (Å²) in [6.07, 6.45) is 0. The van der Waals surface area contributed by atoms with E-state index in [1.165, 1.54) is 11.1 Å². The number of likely N-dealkylation sites (tertiary alicyclic amines) is 1. The van der Waals surface area contributed by atoms with E-state index in [1.54, 1.807) is 0 Å². The Morgan fingerprint density at radius 2 is 1.77 bits per heavy atom. The van der Waals surface area contributed by atoms with E-state index in [0.29, 0.717) is 11.8 Å². The minimum absolute atomic E-state index is 0.0830. The Hall–Kier alpha value is -2.13. The average molecular weight is 292 g/mol.